The second-order valence-electron chi connectivity index (χ2n) is 2.47. The lowest BCUT2D eigenvalue weighted by Gasteiger charge is -2.00. The van der Waals surface area contributed by atoms with Crippen LogP contribution in [0.2, 0.25) is 0 Å². The van der Waals surface area contributed by atoms with Crippen molar-refractivity contribution in [3.05, 3.63) is 24.3 Å². The topological polar surface area (TPSA) is 74.6 Å². The molecule has 4 heteroatoms. The fourth-order valence-corrected chi connectivity index (χ4v) is 0.748. The van der Waals surface area contributed by atoms with Crippen LogP contribution in [0.25, 0.3) is 0 Å². The van der Waals surface area contributed by atoms with Crippen molar-refractivity contribution < 1.29 is 19.8 Å². The number of hydrogen-bond donors (Lipinski definition) is 2. The molecule has 13 heavy (non-hydrogen) atoms. The van der Waals surface area contributed by atoms with E-state index < -0.39 is 11.9 Å². The lowest BCUT2D eigenvalue weighted by atomic mass is 10.1. The average molecular weight is 184 g/mol. The van der Waals surface area contributed by atoms with Crippen LogP contribution in [0.4, 0.5) is 0 Å². The van der Waals surface area contributed by atoms with Crippen LogP contribution in [0.5, 0.6) is 0 Å². The predicted molar refractivity (Wildman–Crippen MR) is 47.3 cm³/mol. The maximum atomic E-state index is 10.1. The summed E-state index contributed by atoms with van der Waals surface area (Å²) in [5.74, 6) is -2.18. The monoisotopic (exact) mass is 184 g/mol. The van der Waals surface area contributed by atoms with Gasteiger partial charge in [0.1, 0.15) is 0 Å². The van der Waals surface area contributed by atoms with Gasteiger partial charge in [-0.3, -0.25) is 0 Å². The van der Waals surface area contributed by atoms with Crippen molar-refractivity contribution in [3.63, 3.8) is 0 Å². The minimum absolute atomic E-state index is 0.132. The van der Waals surface area contributed by atoms with Gasteiger partial charge in [0.05, 0.1) is 0 Å². The third kappa shape index (κ3) is 6.80. The van der Waals surface area contributed by atoms with Gasteiger partial charge in [-0.15, -0.1) is 0 Å². The Balaban J connectivity index is 4.19. The Kier molecular flexibility index (Phi) is 5.27. The third-order valence-corrected chi connectivity index (χ3v) is 1.44. The van der Waals surface area contributed by atoms with Gasteiger partial charge in [-0.25, -0.2) is 9.59 Å². The van der Waals surface area contributed by atoms with Crippen LogP contribution < -0.4 is 0 Å². The molecule has 0 aliphatic rings. The van der Waals surface area contributed by atoms with Gasteiger partial charge < -0.3 is 10.2 Å². The molecule has 0 saturated carbocycles. The second-order valence-corrected chi connectivity index (χ2v) is 2.47. The first kappa shape index (κ1) is 11.4. The Morgan fingerprint density at radius 3 is 1.77 bits per heavy atom. The van der Waals surface area contributed by atoms with Crippen molar-refractivity contribution in [1.29, 1.82) is 0 Å². The van der Waals surface area contributed by atoms with E-state index >= 15 is 0 Å². The first-order valence-corrected chi connectivity index (χ1v) is 3.88. The molecule has 0 amide bonds. The number of hydrogen-bond acceptors (Lipinski definition) is 2. The number of carboxylic acid groups (broad SMARTS) is 2. The zero-order chi connectivity index (χ0) is 10.3. The van der Waals surface area contributed by atoms with Gasteiger partial charge in [-0.05, 0) is 12.3 Å². The first-order chi connectivity index (χ1) is 6.06. The summed E-state index contributed by atoms with van der Waals surface area (Å²) in [5, 5.41) is 16.6. The highest BCUT2D eigenvalue weighted by Crippen LogP contribution is 2.05. The van der Waals surface area contributed by atoms with E-state index in [4.69, 9.17) is 10.2 Å². The molecule has 0 aliphatic heterocycles. The summed E-state index contributed by atoms with van der Waals surface area (Å²) >= 11 is 0. The van der Waals surface area contributed by atoms with Gasteiger partial charge in [-0.1, -0.05) is 19.1 Å². The third-order valence-electron chi connectivity index (χ3n) is 1.44. The molecule has 0 atom stereocenters. The first-order valence-electron chi connectivity index (χ1n) is 3.88. The van der Waals surface area contributed by atoms with Crippen molar-refractivity contribution >= 4 is 11.9 Å². The molecule has 4 nitrogen and oxygen atoms in total. The minimum Gasteiger partial charge on any atom is -0.478 e. The molecule has 0 bridgehead atoms. The molecule has 0 aliphatic carbocycles. The van der Waals surface area contributed by atoms with E-state index in [0.29, 0.717) is 6.42 Å². The van der Waals surface area contributed by atoms with Gasteiger partial charge in [0, 0.05) is 12.2 Å². The summed E-state index contributed by atoms with van der Waals surface area (Å²) in [6.07, 6.45) is 5.62. The lowest BCUT2D eigenvalue weighted by Crippen LogP contribution is -1.95. The number of carboxylic acids is 2. The van der Waals surface area contributed by atoms with Crippen molar-refractivity contribution in [2.24, 2.45) is 5.92 Å². The molecule has 0 aromatic heterocycles. The van der Waals surface area contributed by atoms with Crippen LogP contribution in [0.15, 0.2) is 24.3 Å². The molecule has 0 rings (SSSR count). The Hall–Kier alpha value is -1.58. The Morgan fingerprint density at radius 1 is 1.15 bits per heavy atom. The second kappa shape index (κ2) is 5.99. The van der Waals surface area contributed by atoms with E-state index in [9.17, 15) is 9.59 Å². The van der Waals surface area contributed by atoms with Gasteiger partial charge in [0.25, 0.3) is 0 Å². The van der Waals surface area contributed by atoms with Crippen molar-refractivity contribution in [2.45, 2.75) is 13.3 Å². The lowest BCUT2D eigenvalue weighted by molar-refractivity contribution is -0.132. The zero-order valence-corrected chi connectivity index (χ0v) is 7.30. The maximum Gasteiger partial charge on any atom is 0.327 e. The summed E-state index contributed by atoms with van der Waals surface area (Å²) in [4.78, 5) is 20.3. The normalized spacial score (nSPS) is 13.6. The largest absolute Gasteiger partial charge is 0.478 e. The van der Waals surface area contributed by atoms with Crippen molar-refractivity contribution in [3.8, 4) is 0 Å². The van der Waals surface area contributed by atoms with Gasteiger partial charge in [0.2, 0.25) is 0 Å². The Labute approximate surface area is 76.2 Å². The van der Waals surface area contributed by atoms with Crippen LogP contribution in [-0.4, -0.2) is 22.2 Å². The summed E-state index contributed by atoms with van der Waals surface area (Å²) in [6, 6.07) is 0. The van der Waals surface area contributed by atoms with Crippen LogP contribution in [0.1, 0.15) is 13.3 Å². The Morgan fingerprint density at radius 2 is 1.54 bits per heavy atom. The molecule has 0 heterocycles. The van der Waals surface area contributed by atoms with Gasteiger partial charge in [0.15, 0.2) is 0 Å². The van der Waals surface area contributed by atoms with Gasteiger partial charge in [-0.2, -0.15) is 0 Å². The SMILES string of the molecule is CCC(C=CC(=O)O)C=CC(=O)O. The van der Waals surface area contributed by atoms with Crippen molar-refractivity contribution in [2.75, 3.05) is 0 Å². The molecular formula is C9H12O4. The molecule has 72 valence electrons. The number of rotatable bonds is 5. The molecular weight excluding hydrogens is 172 g/mol. The molecule has 0 spiro atoms. The summed E-state index contributed by atoms with van der Waals surface area (Å²) < 4.78 is 0. The quantitative estimate of drug-likeness (QED) is 0.631. The summed E-state index contributed by atoms with van der Waals surface area (Å²) in [5.41, 5.74) is 0. The highest BCUT2D eigenvalue weighted by molar-refractivity contribution is 5.80. The molecule has 0 radical (unpaired) electrons. The predicted octanol–water partition coefficient (Wildman–Crippen LogP) is 1.29. The number of aliphatic carboxylic acids is 2. The van der Waals surface area contributed by atoms with Crippen LogP contribution in [0.3, 0.4) is 0 Å². The smallest absolute Gasteiger partial charge is 0.327 e. The number of allylic oxidation sites excluding steroid dienone is 2. The van der Waals surface area contributed by atoms with Crippen LogP contribution >= 0.6 is 0 Å². The van der Waals surface area contributed by atoms with E-state index in [2.05, 4.69) is 0 Å². The molecule has 0 saturated heterocycles. The highest BCUT2D eigenvalue weighted by Gasteiger charge is 1.98. The van der Waals surface area contributed by atoms with Crippen LogP contribution in [-0.2, 0) is 9.59 Å². The van der Waals surface area contributed by atoms with E-state index in [1.807, 2.05) is 6.92 Å². The van der Waals surface area contributed by atoms with E-state index in [1.54, 1.807) is 0 Å². The fraction of sp³-hybridized carbons (Fsp3) is 0.333. The van der Waals surface area contributed by atoms with E-state index in [1.165, 1.54) is 12.2 Å². The maximum absolute atomic E-state index is 10.1. The molecule has 0 unspecified atom stereocenters. The molecule has 0 fully saturated rings. The van der Waals surface area contributed by atoms with E-state index in [-0.39, 0.29) is 5.92 Å². The Bertz CT molecular complexity index is 216. The minimum atomic E-state index is -1.03. The van der Waals surface area contributed by atoms with Crippen molar-refractivity contribution in [1.82, 2.24) is 0 Å². The standard InChI is InChI=1S/C9H12O4/c1-2-7(3-5-8(10)11)4-6-9(12)13/h3-7H,2H2,1H3,(H,10,11)(H,12,13). The van der Waals surface area contributed by atoms with E-state index in [0.717, 1.165) is 12.2 Å². The fourth-order valence-electron chi connectivity index (χ4n) is 0.748. The number of carbonyl (C=O) groups is 2. The molecule has 0 aromatic rings. The highest BCUT2D eigenvalue weighted by atomic mass is 16.4. The average Bonchev–Trinajstić information content (AvgIpc) is 2.04. The molecule has 0 aromatic carbocycles. The van der Waals surface area contributed by atoms with Crippen LogP contribution in [0, 0.1) is 5.92 Å². The zero-order valence-electron chi connectivity index (χ0n) is 7.30. The summed E-state index contributed by atoms with van der Waals surface area (Å²) in [6.45, 7) is 1.85. The van der Waals surface area contributed by atoms with Gasteiger partial charge >= 0.3 is 11.9 Å². The summed E-state index contributed by atoms with van der Waals surface area (Å²) in [7, 11) is 0. The molecule has 2 N–H and O–H groups in total.